The smallest absolute Gasteiger partial charge is 0.298 e. The summed E-state index contributed by atoms with van der Waals surface area (Å²) in [6, 6.07) is 0.950. The lowest BCUT2D eigenvalue weighted by Gasteiger charge is -2.07. The van der Waals surface area contributed by atoms with Gasteiger partial charge in [0, 0.05) is 6.07 Å². The monoisotopic (exact) mass is 309 g/mol. The quantitative estimate of drug-likeness (QED) is 0.794. The van der Waals surface area contributed by atoms with E-state index in [1.165, 1.54) is 0 Å². The Morgan fingerprint density at radius 3 is 2.53 bits per heavy atom. The van der Waals surface area contributed by atoms with Crippen molar-refractivity contribution in [2.24, 2.45) is 0 Å². The van der Waals surface area contributed by atoms with E-state index in [1.807, 2.05) is 0 Å². The highest BCUT2D eigenvalue weighted by Crippen LogP contribution is 2.28. The van der Waals surface area contributed by atoms with E-state index in [1.54, 1.807) is 0 Å². The number of nitrogens with zero attached hydrogens (tertiary/aromatic N) is 2. The van der Waals surface area contributed by atoms with Crippen molar-refractivity contribution in [3.63, 3.8) is 0 Å². The van der Waals surface area contributed by atoms with Crippen LogP contribution in [0.4, 0.5) is 13.2 Å². The molecule has 0 radical (unpaired) electrons. The highest BCUT2D eigenvalue weighted by Gasteiger charge is 2.31. The minimum Gasteiger partial charge on any atom is -0.298 e. The van der Waals surface area contributed by atoms with Crippen LogP contribution in [0.3, 0.4) is 0 Å². The molecule has 5 nitrogen and oxygen atoms in total. The molecule has 0 unspecified atom stereocenters. The van der Waals surface area contributed by atoms with Crippen molar-refractivity contribution < 1.29 is 13.2 Å². The summed E-state index contributed by atoms with van der Waals surface area (Å²) >= 11 is 2.83. The normalized spacial score (nSPS) is 12.0. The van der Waals surface area contributed by atoms with Gasteiger partial charge in [-0.3, -0.25) is 14.6 Å². The Kier molecular flexibility index (Phi) is 2.57. The lowest BCUT2D eigenvalue weighted by Crippen LogP contribution is -2.25. The van der Waals surface area contributed by atoms with Crippen LogP contribution in [0.5, 0.6) is 0 Å². The van der Waals surface area contributed by atoms with Crippen LogP contribution in [0, 0.1) is 0 Å². The summed E-state index contributed by atoms with van der Waals surface area (Å²) < 4.78 is 37.8. The molecule has 0 atom stereocenters. The summed E-state index contributed by atoms with van der Waals surface area (Å²) in [6.07, 6.45) is -4.69. The lowest BCUT2D eigenvalue weighted by atomic mass is 10.2. The first-order valence-corrected chi connectivity index (χ1v) is 4.98. The van der Waals surface area contributed by atoms with Crippen molar-refractivity contribution in [3.8, 4) is 0 Å². The van der Waals surface area contributed by atoms with Gasteiger partial charge in [0.25, 0.3) is 11.1 Å². The molecule has 0 saturated carbocycles. The van der Waals surface area contributed by atoms with Gasteiger partial charge >= 0.3 is 6.18 Å². The average molecular weight is 310 g/mol. The minimum atomic E-state index is -4.69. The van der Waals surface area contributed by atoms with Gasteiger partial charge < -0.3 is 0 Å². The maximum atomic E-state index is 12.4. The Hall–Kier alpha value is -1.64. The molecule has 0 aromatic carbocycles. The number of aromatic nitrogens is 3. The van der Waals surface area contributed by atoms with E-state index in [9.17, 15) is 22.8 Å². The summed E-state index contributed by atoms with van der Waals surface area (Å²) in [5, 5.41) is 3.56. The van der Waals surface area contributed by atoms with Gasteiger partial charge in [0.15, 0.2) is 4.73 Å². The molecule has 2 rings (SSSR count). The van der Waals surface area contributed by atoms with E-state index in [0.29, 0.717) is 16.6 Å². The van der Waals surface area contributed by atoms with Gasteiger partial charge in [-0.1, -0.05) is 0 Å². The molecular formula is C8H3BrF3N3O2. The Bertz CT molecular complexity index is 704. The summed E-state index contributed by atoms with van der Waals surface area (Å²) in [6.45, 7) is 0. The van der Waals surface area contributed by atoms with E-state index in [0.717, 1.165) is 0 Å². The number of aromatic amines is 1. The topological polar surface area (TPSA) is 67.2 Å². The Labute approximate surface area is 99.0 Å². The van der Waals surface area contributed by atoms with E-state index < -0.39 is 28.4 Å². The SMILES string of the molecule is O=c1[nH]c(Br)nn2c(=O)cc(C(F)(F)F)cc12. The fourth-order valence-electron chi connectivity index (χ4n) is 1.26. The molecule has 0 fully saturated rings. The molecule has 17 heavy (non-hydrogen) atoms. The van der Waals surface area contributed by atoms with Gasteiger partial charge in [0.2, 0.25) is 0 Å². The van der Waals surface area contributed by atoms with Gasteiger partial charge in [0.05, 0.1) is 5.56 Å². The molecular weight excluding hydrogens is 307 g/mol. The fourth-order valence-corrected chi connectivity index (χ4v) is 1.60. The van der Waals surface area contributed by atoms with Crippen LogP contribution < -0.4 is 11.1 Å². The first kappa shape index (κ1) is 11.8. The summed E-state index contributed by atoms with van der Waals surface area (Å²) in [7, 11) is 0. The molecule has 1 N–H and O–H groups in total. The van der Waals surface area contributed by atoms with E-state index in [4.69, 9.17) is 0 Å². The maximum absolute atomic E-state index is 12.4. The van der Waals surface area contributed by atoms with Crippen LogP contribution >= 0.6 is 15.9 Å². The average Bonchev–Trinajstić information content (AvgIpc) is 2.17. The Balaban J connectivity index is 2.93. The predicted molar refractivity (Wildman–Crippen MR) is 54.8 cm³/mol. The fraction of sp³-hybridized carbons (Fsp3) is 0.125. The van der Waals surface area contributed by atoms with Crippen LogP contribution in [-0.2, 0) is 6.18 Å². The number of fused-ring (bicyclic) bond motifs is 1. The third kappa shape index (κ3) is 2.09. The van der Waals surface area contributed by atoms with Crippen molar-refractivity contribution in [2.45, 2.75) is 6.18 Å². The van der Waals surface area contributed by atoms with Gasteiger partial charge in [-0.15, -0.1) is 5.10 Å². The second kappa shape index (κ2) is 3.69. The number of nitrogens with one attached hydrogen (secondary N) is 1. The van der Waals surface area contributed by atoms with E-state index in [2.05, 4.69) is 26.0 Å². The molecule has 0 spiro atoms. The molecule has 0 aliphatic heterocycles. The number of pyridine rings is 1. The molecule has 0 bridgehead atoms. The standard InChI is InChI=1S/C8H3BrF3N3O2/c9-7-13-6(17)4-1-3(8(10,11)12)2-5(16)15(4)14-7/h1-2H,(H,13,14,17). The van der Waals surface area contributed by atoms with Crippen molar-refractivity contribution in [1.29, 1.82) is 0 Å². The third-order valence-corrected chi connectivity index (χ3v) is 2.33. The van der Waals surface area contributed by atoms with Crippen LogP contribution in [0.25, 0.3) is 5.52 Å². The van der Waals surface area contributed by atoms with Crippen LogP contribution in [-0.4, -0.2) is 14.6 Å². The highest BCUT2D eigenvalue weighted by atomic mass is 79.9. The van der Waals surface area contributed by atoms with Gasteiger partial charge in [-0.05, 0) is 22.0 Å². The van der Waals surface area contributed by atoms with Gasteiger partial charge in [-0.25, -0.2) is 0 Å². The molecule has 2 heterocycles. The molecule has 9 heteroatoms. The number of rotatable bonds is 0. The largest absolute Gasteiger partial charge is 0.416 e. The molecule has 0 amide bonds. The molecule has 0 aliphatic carbocycles. The van der Waals surface area contributed by atoms with Gasteiger partial charge in [0.1, 0.15) is 5.52 Å². The Morgan fingerprint density at radius 2 is 1.94 bits per heavy atom. The number of halogens is 4. The number of H-pyrrole nitrogens is 1. The second-order valence-corrected chi connectivity index (χ2v) is 3.87. The zero-order valence-corrected chi connectivity index (χ0v) is 9.46. The summed E-state index contributed by atoms with van der Waals surface area (Å²) in [4.78, 5) is 24.9. The van der Waals surface area contributed by atoms with Gasteiger partial charge in [-0.2, -0.15) is 17.7 Å². The van der Waals surface area contributed by atoms with E-state index in [-0.39, 0.29) is 4.73 Å². The van der Waals surface area contributed by atoms with Crippen molar-refractivity contribution in [3.05, 3.63) is 43.1 Å². The summed E-state index contributed by atoms with van der Waals surface area (Å²) in [5.74, 6) is 0. The highest BCUT2D eigenvalue weighted by molar-refractivity contribution is 9.10. The molecule has 90 valence electrons. The van der Waals surface area contributed by atoms with Crippen molar-refractivity contribution in [2.75, 3.05) is 0 Å². The minimum absolute atomic E-state index is 0.0446. The Morgan fingerprint density at radius 1 is 1.29 bits per heavy atom. The second-order valence-electron chi connectivity index (χ2n) is 3.12. The molecule has 0 aliphatic rings. The number of hydrogen-bond acceptors (Lipinski definition) is 3. The van der Waals surface area contributed by atoms with E-state index >= 15 is 0 Å². The zero-order valence-electron chi connectivity index (χ0n) is 7.88. The van der Waals surface area contributed by atoms with Crippen LogP contribution in [0.1, 0.15) is 5.56 Å². The lowest BCUT2D eigenvalue weighted by molar-refractivity contribution is -0.137. The summed E-state index contributed by atoms with van der Waals surface area (Å²) in [5.41, 5.74) is -3.51. The molecule has 2 aromatic rings. The molecule has 2 aromatic heterocycles. The maximum Gasteiger partial charge on any atom is 0.416 e. The molecule has 0 saturated heterocycles. The number of hydrogen-bond donors (Lipinski definition) is 1. The first-order valence-electron chi connectivity index (χ1n) is 4.19. The van der Waals surface area contributed by atoms with Crippen LogP contribution in [0.15, 0.2) is 26.5 Å². The number of alkyl halides is 3. The van der Waals surface area contributed by atoms with Crippen LogP contribution in [0.2, 0.25) is 0 Å². The predicted octanol–water partition coefficient (Wildman–Crippen LogP) is 1.16. The third-order valence-electron chi connectivity index (χ3n) is 1.97. The first-order chi connectivity index (χ1) is 7.79. The van der Waals surface area contributed by atoms with Crippen molar-refractivity contribution in [1.82, 2.24) is 14.6 Å². The zero-order chi connectivity index (χ0) is 12.8. The van der Waals surface area contributed by atoms with Crippen molar-refractivity contribution >= 4 is 21.4 Å².